The van der Waals surface area contributed by atoms with Crippen molar-refractivity contribution < 1.29 is 13.2 Å². The largest absolute Gasteiger partial charge is 0.322 e. The van der Waals surface area contributed by atoms with Gasteiger partial charge in [0.15, 0.2) is 0 Å². The van der Waals surface area contributed by atoms with Gasteiger partial charge in [0.1, 0.15) is 0 Å². The summed E-state index contributed by atoms with van der Waals surface area (Å²) in [5.41, 5.74) is 3.89. The lowest BCUT2D eigenvalue weighted by Crippen LogP contribution is -2.39. The predicted octanol–water partition coefficient (Wildman–Crippen LogP) is 4.16. The maximum absolute atomic E-state index is 12.9. The summed E-state index contributed by atoms with van der Waals surface area (Å²) in [6.07, 6.45) is 1.94. The molecule has 1 fully saturated rings. The molecule has 8 heteroatoms. The van der Waals surface area contributed by atoms with Gasteiger partial charge in [-0.25, -0.2) is 13.1 Å². The molecule has 0 aliphatic carbocycles. The number of hydrogen-bond donors (Lipinski definition) is 1. The Labute approximate surface area is 189 Å². The van der Waals surface area contributed by atoms with Crippen LogP contribution in [0.15, 0.2) is 59.5 Å². The van der Waals surface area contributed by atoms with Crippen LogP contribution in [0.25, 0.3) is 5.69 Å². The van der Waals surface area contributed by atoms with Gasteiger partial charge in [0, 0.05) is 30.0 Å². The highest BCUT2D eigenvalue weighted by Gasteiger charge is 2.28. The molecule has 4 rings (SSSR count). The molecule has 1 N–H and O–H groups in total. The normalized spacial score (nSPS) is 17.3. The number of nitrogens with one attached hydrogen (secondary N) is 1. The average Bonchev–Trinajstić information content (AvgIpc) is 3.12. The Bertz CT molecular complexity index is 1220. The minimum absolute atomic E-state index is 0.249. The molecule has 1 saturated heterocycles. The molecule has 1 amide bonds. The lowest BCUT2D eigenvalue weighted by Gasteiger charge is -2.30. The standard InChI is InChI=1S/C24H28N4O3S/c1-17-5-4-14-27(16-17)32(30,31)23-12-8-21(9-13-23)25-24(29)20-6-10-22(11-7-20)28-19(3)15-18(2)26-28/h6-13,15,17H,4-5,14,16H2,1-3H3,(H,25,29). The van der Waals surface area contributed by atoms with E-state index >= 15 is 0 Å². The van der Waals surface area contributed by atoms with Gasteiger partial charge in [-0.1, -0.05) is 6.92 Å². The van der Waals surface area contributed by atoms with Crippen molar-refractivity contribution in [2.45, 2.75) is 38.5 Å². The molecule has 0 spiro atoms. The molecule has 1 aliphatic heterocycles. The van der Waals surface area contributed by atoms with E-state index < -0.39 is 10.0 Å². The number of benzene rings is 2. The van der Waals surface area contributed by atoms with Crippen molar-refractivity contribution >= 4 is 21.6 Å². The highest BCUT2D eigenvalue weighted by atomic mass is 32.2. The molecule has 168 valence electrons. The summed E-state index contributed by atoms with van der Waals surface area (Å²) < 4.78 is 29.2. The Morgan fingerprint density at radius 2 is 1.75 bits per heavy atom. The second kappa shape index (κ2) is 8.88. The average molecular weight is 453 g/mol. The molecule has 0 saturated carbocycles. The third-order valence-electron chi connectivity index (χ3n) is 5.75. The first kappa shape index (κ1) is 22.2. The molecular formula is C24H28N4O3S. The Morgan fingerprint density at radius 1 is 1.06 bits per heavy atom. The number of sulfonamides is 1. The second-order valence-corrected chi connectivity index (χ2v) is 10.4. The van der Waals surface area contributed by atoms with E-state index in [1.165, 1.54) is 0 Å². The number of hydrogen-bond acceptors (Lipinski definition) is 4. The van der Waals surface area contributed by atoms with Crippen molar-refractivity contribution in [1.29, 1.82) is 0 Å². The van der Waals surface area contributed by atoms with Gasteiger partial charge in [-0.3, -0.25) is 4.79 Å². The number of carbonyl (C=O) groups excluding carboxylic acids is 1. The molecule has 32 heavy (non-hydrogen) atoms. The van der Waals surface area contributed by atoms with Crippen LogP contribution >= 0.6 is 0 Å². The molecule has 2 aromatic carbocycles. The summed E-state index contributed by atoms with van der Waals surface area (Å²) in [5, 5.41) is 7.28. The van der Waals surface area contributed by atoms with Crippen LogP contribution in [-0.2, 0) is 10.0 Å². The quantitative estimate of drug-likeness (QED) is 0.630. The van der Waals surface area contributed by atoms with E-state index in [2.05, 4.69) is 17.3 Å². The smallest absolute Gasteiger partial charge is 0.255 e. The Kier molecular flexibility index (Phi) is 6.17. The Hall–Kier alpha value is -2.97. The molecule has 1 unspecified atom stereocenters. The van der Waals surface area contributed by atoms with Gasteiger partial charge in [0.25, 0.3) is 5.91 Å². The molecule has 3 aromatic rings. The van der Waals surface area contributed by atoms with E-state index in [1.54, 1.807) is 40.7 Å². The number of carbonyl (C=O) groups is 1. The van der Waals surface area contributed by atoms with Crippen LogP contribution in [0.4, 0.5) is 5.69 Å². The van der Waals surface area contributed by atoms with Crippen molar-refractivity contribution in [3.05, 3.63) is 71.5 Å². The number of anilines is 1. The fourth-order valence-corrected chi connectivity index (χ4v) is 5.67. The van der Waals surface area contributed by atoms with E-state index in [0.29, 0.717) is 30.3 Å². The van der Waals surface area contributed by atoms with Crippen LogP contribution in [0, 0.1) is 19.8 Å². The molecule has 0 radical (unpaired) electrons. The zero-order chi connectivity index (χ0) is 22.9. The maximum atomic E-state index is 12.9. The summed E-state index contributed by atoms with van der Waals surface area (Å²) >= 11 is 0. The number of amides is 1. The van der Waals surface area contributed by atoms with Gasteiger partial charge >= 0.3 is 0 Å². The minimum atomic E-state index is -3.51. The van der Waals surface area contributed by atoms with Crippen LogP contribution in [0.1, 0.15) is 41.5 Å². The van der Waals surface area contributed by atoms with Gasteiger partial charge in [0.05, 0.1) is 16.3 Å². The summed E-state index contributed by atoms with van der Waals surface area (Å²) in [7, 11) is -3.51. The SMILES string of the molecule is Cc1cc(C)n(-c2ccc(C(=O)Nc3ccc(S(=O)(=O)N4CCCC(C)C4)cc3)cc2)n1. The molecule has 0 bridgehead atoms. The third kappa shape index (κ3) is 4.61. The first-order valence-corrected chi connectivity index (χ1v) is 12.2. The molecule has 1 atom stereocenters. The second-order valence-electron chi connectivity index (χ2n) is 8.47. The molecule has 7 nitrogen and oxygen atoms in total. The van der Waals surface area contributed by atoms with E-state index in [0.717, 1.165) is 29.9 Å². The molecular weight excluding hydrogens is 424 g/mol. The number of nitrogens with zero attached hydrogens (tertiary/aromatic N) is 3. The zero-order valence-corrected chi connectivity index (χ0v) is 19.4. The van der Waals surface area contributed by atoms with E-state index in [-0.39, 0.29) is 10.8 Å². The molecule has 1 aromatic heterocycles. The zero-order valence-electron chi connectivity index (χ0n) is 18.6. The number of aromatic nitrogens is 2. The summed E-state index contributed by atoms with van der Waals surface area (Å²) in [6, 6.07) is 15.6. The highest BCUT2D eigenvalue weighted by molar-refractivity contribution is 7.89. The Morgan fingerprint density at radius 3 is 2.34 bits per heavy atom. The van der Waals surface area contributed by atoms with Crippen molar-refractivity contribution in [2.75, 3.05) is 18.4 Å². The van der Waals surface area contributed by atoms with Crippen LogP contribution < -0.4 is 5.32 Å². The van der Waals surface area contributed by atoms with E-state index in [1.807, 2.05) is 36.7 Å². The number of piperidine rings is 1. The topological polar surface area (TPSA) is 84.3 Å². The third-order valence-corrected chi connectivity index (χ3v) is 7.63. The van der Waals surface area contributed by atoms with Crippen molar-refractivity contribution in [3.8, 4) is 5.69 Å². The maximum Gasteiger partial charge on any atom is 0.255 e. The van der Waals surface area contributed by atoms with Crippen molar-refractivity contribution in [2.24, 2.45) is 5.92 Å². The summed E-state index contributed by atoms with van der Waals surface area (Å²) in [5.74, 6) is 0.107. The number of aryl methyl sites for hydroxylation is 2. The van der Waals surface area contributed by atoms with Gasteiger partial charge in [-0.15, -0.1) is 0 Å². The monoisotopic (exact) mass is 452 g/mol. The van der Waals surface area contributed by atoms with Crippen LogP contribution in [0.2, 0.25) is 0 Å². The first-order valence-electron chi connectivity index (χ1n) is 10.8. The minimum Gasteiger partial charge on any atom is -0.322 e. The van der Waals surface area contributed by atoms with Gasteiger partial charge in [0.2, 0.25) is 10.0 Å². The van der Waals surface area contributed by atoms with E-state index in [4.69, 9.17) is 0 Å². The lowest BCUT2D eigenvalue weighted by molar-refractivity contribution is 0.102. The van der Waals surface area contributed by atoms with Crippen LogP contribution in [0.3, 0.4) is 0 Å². The van der Waals surface area contributed by atoms with Gasteiger partial charge < -0.3 is 5.32 Å². The fourth-order valence-electron chi connectivity index (χ4n) is 4.07. The van der Waals surface area contributed by atoms with E-state index in [9.17, 15) is 13.2 Å². The van der Waals surface area contributed by atoms with Gasteiger partial charge in [-0.2, -0.15) is 9.40 Å². The molecule has 1 aliphatic rings. The van der Waals surface area contributed by atoms with Crippen molar-refractivity contribution in [3.63, 3.8) is 0 Å². The van der Waals surface area contributed by atoms with Crippen LogP contribution in [-0.4, -0.2) is 41.5 Å². The highest BCUT2D eigenvalue weighted by Crippen LogP contribution is 2.24. The summed E-state index contributed by atoms with van der Waals surface area (Å²) in [4.78, 5) is 12.9. The summed E-state index contributed by atoms with van der Waals surface area (Å²) in [6.45, 7) is 7.10. The number of rotatable bonds is 5. The van der Waals surface area contributed by atoms with Crippen LogP contribution in [0.5, 0.6) is 0 Å². The Balaban J connectivity index is 1.44. The predicted molar refractivity (Wildman–Crippen MR) is 125 cm³/mol. The first-order chi connectivity index (χ1) is 15.2. The lowest BCUT2D eigenvalue weighted by atomic mass is 10.0. The van der Waals surface area contributed by atoms with Crippen molar-refractivity contribution in [1.82, 2.24) is 14.1 Å². The fraction of sp³-hybridized carbons (Fsp3) is 0.333. The molecule has 2 heterocycles. The van der Waals surface area contributed by atoms with Gasteiger partial charge in [-0.05, 0) is 87.2 Å².